The molecule has 1 saturated carbocycles. The maximum atomic E-state index is 3.89. The molecule has 0 saturated heterocycles. The fraction of sp³-hybridized carbons (Fsp3) is 0.250. The van der Waals surface area contributed by atoms with Crippen LogP contribution in [0.3, 0.4) is 0 Å². The van der Waals surface area contributed by atoms with Gasteiger partial charge in [-0.25, -0.2) is 0 Å². The maximum absolute atomic E-state index is 3.89. The Morgan fingerprint density at radius 2 is 1.12 bits per heavy atom. The molecule has 17 heavy (non-hydrogen) atoms. The zero-order valence-electron chi connectivity index (χ0n) is 9.81. The van der Waals surface area contributed by atoms with Gasteiger partial charge in [-0.2, -0.15) is 0 Å². The molecule has 2 aromatic carbocycles. The number of rotatable bonds is 2. The lowest BCUT2D eigenvalue weighted by atomic mass is 10.0. The summed E-state index contributed by atoms with van der Waals surface area (Å²) in [5, 5.41) is 0. The second-order valence-corrected chi connectivity index (χ2v) is 6.64. The molecule has 0 spiro atoms. The molecule has 2 aromatic rings. The largest absolute Gasteiger partial charge is 0.0843 e. The van der Waals surface area contributed by atoms with E-state index in [0.29, 0.717) is 11.8 Å². The SMILES string of the molecule is CC1(Br)C(c2ccccc2)C1c1ccccc1. The predicted molar refractivity (Wildman–Crippen MR) is 75.7 cm³/mol. The molecule has 0 heterocycles. The fourth-order valence-corrected chi connectivity index (χ4v) is 3.76. The van der Waals surface area contributed by atoms with Crippen molar-refractivity contribution in [2.24, 2.45) is 0 Å². The van der Waals surface area contributed by atoms with E-state index in [1.165, 1.54) is 11.1 Å². The van der Waals surface area contributed by atoms with E-state index in [2.05, 4.69) is 83.5 Å². The lowest BCUT2D eigenvalue weighted by Crippen LogP contribution is -1.93. The summed E-state index contributed by atoms with van der Waals surface area (Å²) in [4.78, 5) is 0. The number of hydrogen-bond acceptors (Lipinski definition) is 0. The van der Waals surface area contributed by atoms with Gasteiger partial charge in [-0.1, -0.05) is 76.6 Å². The lowest BCUT2D eigenvalue weighted by molar-refractivity contribution is 0.981. The van der Waals surface area contributed by atoms with Gasteiger partial charge in [-0.3, -0.25) is 0 Å². The van der Waals surface area contributed by atoms with Crippen LogP contribution >= 0.6 is 15.9 Å². The first-order valence-corrected chi connectivity index (χ1v) is 6.79. The molecular weight excluding hydrogens is 272 g/mol. The summed E-state index contributed by atoms with van der Waals surface area (Å²) in [5.74, 6) is 1.18. The second-order valence-electron chi connectivity index (χ2n) is 4.93. The summed E-state index contributed by atoms with van der Waals surface area (Å²) in [7, 11) is 0. The number of alkyl halides is 1. The summed E-state index contributed by atoms with van der Waals surface area (Å²) >= 11 is 3.89. The molecule has 0 aliphatic heterocycles. The quantitative estimate of drug-likeness (QED) is 0.701. The Labute approximate surface area is 111 Å². The van der Waals surface area contributed by atoms with Crippen LogP contribution in [0, 0.1) is 0 Å². The minimum absolute atomic E-state index is 0.204. The van der Waals surface area contributed by atoms with Crippen LogP contribution in [0.1, 0.15) is 29.9 Å². The average Bonchev–Trinajstić information content (AvgIpc) is 2.94. The van der Waals surface area contributed by atoms with E-state index in [1.54, 1.807) is 0 Å². The monoisotopic (exact) mass is 286 g/mol. The Morgan fingerprint density at radius 3 is 1.47 bits per heavy atom. The highest BCUT2D eigenvalue weighted by molar-refractivity contribution is 9.10. The van der Waals surface area contributed by atoms with Gasteiger partial charge in [0.25, 0.3) is 0 Å². The third kappa shape index (κ3) is 1.83. The Morgan fingerprint density at radius 1 is 0.765 bits per heavy atom. The van der Waals surface area contributed by atoms with Crippen LogP contribution in [0.15, 0.2) is 60.7 Å². The standard InChI is InChI=1S/C16H15Br/c1-16(17)14(12-8-4-2-5-9-12)15(16)13-10-6-3-7-11-13/h2-11,14-15H,1H3. The number of halogens is 1. The molecule has 0 radical (unpaired) electrons. The molecule has 0 aromatic heterocycles. The minimum atomic E-state index is 0.204. The zero-order chi connectivity index (χ0) is 11.9. The molecule has 1 aliphatic carbocycles. The van der Waals surface area contributed by atoms with Crippen molar-refractivity contribution in [1.29, 1.82) is 0 Å². The van der Waals surface area contributed by atoms with Crippen LogP contribution in [0.5, 0.6) is 0 Å². The molecule has 0 N–H and O–H groups in total. The average molecular weight is 287 g/mol. The third-order valence-corrected chi connectivity index (χ3v) is 4.74. The first kappa shape index (κ1) is 11.0. The summed E-state index contributed by atoms with van der Waals surface area (Å²) < 4.78 is 0.204. The Balaban J connectivity index is 1.95. The molecule has 0 nitrogen and oxygen atoms in total. The first-order chi connectivity index (χ1) is 8.21. The Bertz CT molecular complexity index is 454. The van der Waals surface area contributed by atoms with Crippen molar-refractivity contribution in [3.63, 3.8) is 0 Å². The van der Waals surface area contributed by atoms with Gasteiger partial charge in [0, 0.05) is 16.2 Å². The molecule has 86 valence electrons. The van der Waals surface area contributed by atoms with Gasteiger partial charge in [0.05, 0.1) is 0 Å². The molecular formula is C16H15Br. The normalized spacial score (nSPS) is 31.2. The van der Waals surface area contributed by atoms with Gasteiger partial charge in [-0.15, -0.1) is 0 Å². The number of benzene rings is 2. The molecule has 1 fully saturated rings. The smallest absolute Gasteiger partial charge is 0.0379 e. The Kier molecular flexibility index (Phi) is 2.59. The fourth-order valence-electron chi connectivity index (χ4n) is 2.84. The van der Waals surface area contributed by atoms with Gasteiger partial charge in [-0.05, 0) is 18.1 Å². The lowest BCUT2D eigenvalue weighted by Gasteiger charge is -1.99. The van der Waals surface area contributed by atoms with E-state index in [4.69, 9.17) is 0 Å². The topological polar surface area (TPSA) is 0 Å². The molecule has 1 heteroatoms. The second kappa shape index (κ2) is 3.99. The highest BCUT2D eigenvalue weighted by Crippen LogP contribution is 2.68. The van der Waals surface area contributed by atoms with Crippen molar-refractivity contribution in [2.45, 2.75) is 23.1 Å². The number of hydrogen-bond donors (Lipinski definition) is 0. The van der Waals surface area contributed by atoms with Crippen LogP contribution in [0.2, 0.25) is 0 Å². The van der Waals surface area contributed by atoms with E-state index in [-0.39, 0.29) is 4.32 Å². The molecule has 1 aliphatic rings. The molecule has 0 amide bonds. The van der Waals surface area contributed by atoms with Gasteiger partial charge >= 0.3 is 0 Å². The highest BCUT2D eigenvalue weighted by atomic mass is 79.9. The van der Waals surface area contributed by atoms with Crippen molar-refractivity contribution < 1.29 is 0 Å². The predicted octanol–water partition coefficient (Wildman–Crippen LogP) is 4.72. The van der Waals surface area contributed by atoms with E-state index < -0.39 is 0 Å². The van der Waals surface area contributed by atoms with Crippen LogP contribution in [0.4, 0.5) is 0 Å². The van der Waals surface area contributed by atoms with Gasteiger partial charge < -0.3 is 0 Å². The van der Waals surface area contributed by atoms with E-state index in [0.717, 1.165) is 0 Å². The summed E-state index contributed by atoms with van der Waals surface area (Å²) in [5.41, 5.74) is 2.86. The third-order valence-electron chi connectivity index (χ3n) is 3.76. The van der Waals surface area contributed by atoms with E-state index in [1.807, 2.05) is 0 Å². The van der Waals surface area contributed by atoms with E-state index in [9.17, 15) is 0 Å². The molecule has 3 rings (SSSR count). The van der Waals surface area contributed by atoms with Crippen molar-refractivity contribution in [2.75, 3.05) is 0 Å². The Hall–Kier alpha value is -1.08. The molecule has 2 unspecified atom stereocenters. The minimum Gasteiger partial charge on any atom is -0.0843 e. The van der Waals surface area contributed by atoms with Crippen LogP contribution in [0.25, 0.3) is 0 Å². The molecule has 2 atom stereocenters. The first-order valence-electron chi connectivity index (χ1n) is 6.00. The van der Waals surface area contributed by atoms with Crippen LogP contribution in [-0.4, -0.2) is 4.32 Å². The van der Waals surface area contributed by atoms with Crippen molar-refractivity contribution in [3.8, 4) is 0 Å². The highest BCUT2D eigenvalue weighted by Gasteiger charge is 2.60. The van der Waals surface area contributed by atoms with Crippen molar-refractivity contribution >= 4 is 15.9 Å². The molecule has 0 bridgehead atoms. The van der Waals surface area contributed by atoms with Gasteiger partial charge in [0.15, 0.2) is 0 Å². The van der Waals surface area contributed by atoms with Crippen molar-refractivity contribution in [3.05, 3.63) is 71.8 Å². The van der Waals surface area contributed by atoms with Gasteiger partial charge in [0.2, 0.25) is 0 Å². The summed E-state index contributed by atoms with van der Waals surface area (Å²) in [6, 6.07) is 21.6. The van der Waals surface area contributed by atoms with Crippen LogP contribution < -0.4 is 0 Å². The zero-order valence-corrected chi connectivity index (χ0v) is 11.4. The van der Waals surface area contributed by atoms with E-state index >= 15 is 0 Å². The summed E-state index contributed by atoms with van der Waals surface area (Å²) in [6.07, 6.45) is 0. The maximum Gasteiger partial charge on any atom is 0.0379 e. The summed E-state index contributed by atoms with van der Waals surface area (Å²) in [6.45, 7) is 2.29. The van der Waals surface area contributed by atoms with Gasteiger partial charge in [0.1, 0.15) is 0 Å². The van der Waals surface area contributed by atoms with Crippen LogP contribution in [-0.2, 0) is 0 Å². The van der Waals surface area contributed by atoms with Crippen molar-refractivity contribution in [1.82, 2.24) is 0 Å².